The zero-order chi connectivity index (χ0) is 19.3. The summed E-state index contributed by atoms with van der Waals surface area (Å²) in [7, 11) is 0. The van der Waals surface area contributed by atoms with Crippen molar-refractivity contribution < 1.29 is 14.4 Å². The van der Waals surface area contributed by atoms with Gasteiger partial charge in [-0.3, -0.25) is 14.4 Å². The van der Waals surface area contributed by atoms with E-state index in [0.29, 0.717) is 16.7 Å². The summed E-state index contributed by atoms with van der Waals surface area (Å²) in [6.45, 7) is 8.44. The van der Waals surface area contributed by atoms with E-state index in [1.165, 1.54) is 0 Å². The first-order valence-electron chi connectivity index (χ1n) is 10.1. The summed E-state index contributed by atoms with van der Waals surface area (Å²) in [5, 5.41) is 0. The Bertz CT molecular complexity index is 689. The minimum Gasteiger partial charge on any atom is -0.332 e. The van der Waals surface area contributed by atoms with Gasteiger partial charge in [0.2, 0.25) is 0 Å². The molecule has 0 aromatic heterocycles. The maximum atomic E-state index is 12.8. The summed E-state index contributed by atoms with van der Waals surface area (Å²) in [5.41, 5.74) is 1.35. The molecule has 0 spiro atoms. The van der Waals surface area contributed by atoms with Gasteiger partial charge in [-0.25, -0.2) is 0 Å². The number of benzene rings is 1. The van der Waals surface area contributed by atoms with Crippen molar-refractivity contribution in [2.45, 2.75) is 58.2 Å². The van der Waals surface area contributed by atoms with E-state index in [-0.39, 0.29) is 35.8 Å². The van der Waals surface area contributed by atoms with Gasteiger partial charge in [0.05, 0.1) is 0 Å². The summed E-state index contributed by atoms with van der Waals surface area (Å²) in [6.07, 6.45) is 2.77. The van der Waals surface area contributed by atoms with Gasteiger partial charge in [0, 0.05) is 54.5 Å². The maximum absolute atomic E-state index is 12.8. The van der Waals surface area contributed by atoms with E-state index in [2.05, 4.69) is 20.8 Å². The Morgan fingerprint density at radius 1 is 0.667 bits per heavy atom. The van der Waals surface area contributed by atoms with Gasteiger partial charge in [-0.2, -0.15) is 0 Å². The maximum Gasteiger partial charge on any atom is 0.254 e. The highest BCUT2D eigenvalue weighted by Crippen LogP contribution is 2.29. The number of rotatable bonds is 6. The van der Waals surface area contributed by atoms with Crippen molar-refractivity contribution in [3.63, 3.8) is 0 Å². The monoisotopic (exact) mass is 369 g/mol. The standard InChI is InChI=1S/C21H27N3O3/c1-4-16-10-22(16)19(25)13-7-14(20(26)23-11-17(23)5-2)9-15(8-13)21(27)24-12-18(24)6-3/h7-9,16-18H,4-6,10-12H2,1-3H3/t16-,17-,18-,22?,23?,24?/m0/s1. The van der Waals surface area contributed by atoms with Crippen LogP contribution in [0.5, 0.6) is 0 Å². The lowest BCUT2D eigenvalue weighted by Crippen LogP contribution is -2.20. The molecule has 0 radical (unpaired) electrons. The molecule has 1 aromatic carbocycles. The van der Waals surface area contributed by atoms with Gasteiger partial charge in [0.15, 0.2) is 0 Å². The van der Waals surface area contributed by atoms with Crippen molar-refractivity contribution in [1.29, 1.82) is 0 Å². The van der Waals surface area contributed by atoms with E-state index >= 15 is 0 Å². The SMILES string of the molecule is CC[C@H]1CN1C(=O)c1cc(C(=O)N2C[C@@H]2CC)cc(C(=O)N2C[C@@H]2CC)c1. The molecule has 6 nitrogen and oxygen atoms in total. The molecule has 0 aliphatic carbocycles. The van der Waals surface area contributed by atoms with Crippen molar-refractivity contribution in [2.75, 3.05) is 19.6 Å². The van der Waals surface area contributed by atoms with E-state index in [1.54, 1.807) is 32.9 Å². The van der Waals surface area contributed by atoms with Gasteiger partial charge in [0.1, 0.15) is 0 Å². The largest absolute Gasteiger partial charge is 0.332 e. The highest BCUT2D eigenvalue weighted by molar-refractivity contribution is 6.06. The fourth-order valence-corrected chi connectivity index (χ4v) is 3.83. The van der Waals surface area contributed by atoms with Crippen LogP contribution in [-0.2, 0) is 0 Å². The molecule has 6 heteroatoms. The molecule has 0 N–H and O–H groups in total. The first kappa shape index (κ1) is 18.0. The highest BCUT2D eigenvalue weighted by atomic mass is 16.2. The van der Waals surface area contributed by atoms with Gasteiger partial charge >= 0.3 is 0 Å². The summed E-state index contributed by atoms with van der Waals surface area (Å²) in [5.74, 6) is -0.247. The summed E-state index contributed by atoms with van der Waals surface area (Å²) < 4.78 is 0. The molecule has 144 valence electrons. The third-order valence-corrected chi connectivity index (χ3v) is 6.01. The topological polar surface area (TPSA) is 60.2 Å². The van der Waals surface area contributed by atoms with Gasteiger partial charge in [0.25, 0.3) is 17.7 Å². The Balaban J connectivity index is 1.63. The number of hydrogen-bond donors (Lipinski definition) is 0. The molecule has 3 aliphatic heterocycles. The fraction of sp³-hybridized carbons (Fsp3) is 0.571. The van der Waals surface area contributed by atoms with Crippen LogP contribution in [0.4, 0.5) is 0 Å². The Hall–Kier alpha value is -2.37. The number of carbonyl (C=O) groups excluding carboxylic acids is 3. The van der Waals surface area contributed by atoms with Gasteiger partial charge in [-0.1, -0.05) is 20.8 Å². The van der Waals surface area contributed by atoms with E-state index in [9.17, 15) is 14.4 Å². The van der Waals surface area contributed by atoms with Crippen molar-refractivity contribution in [1.82, 2.24) is 14.7 Å². The molecule has 3 atom stereocenters. The molecule has 4 rings (SSSR count). The molecule has 3 saturated heterocycles. The van der Waals surface area contributed by atoms with Crippen LogP contribution in [0.25, 0.3) is 0 Å². The van der Waals surface area contributed by atoms with Crippen molar-refractivity contribution in [3.05, 3.63) is 34.9 Å². The second-order valence-electron chi connectivity index (χ2n) is 7.86. The quantitative estimate of drug-likeness (QED) is 0.724. The second kappa shape index (κ2) is 6.66. The zero-order valence-electron chi connectivity index (χ0n) is 16.3. The number of carbonyl (C=O) groups is 3. The van der Waals surface area contributed by atoms with E-state index < -0.39 is 0 Å². The van der Waals surface area contributed by atoms with Crippen LogP contribution in [0.3, 0.4) is 0 Å². The molecular weight excluding hydrogens is 342 g/mol. The predicted octanol–water partition coefficient (Wildman–Crippen LogP) is 2.39. The smallest absolute Gasteiger partial charge is 0.254 e. The average molecular weight is 369 g/mol. The van der Waals surface area contributed by atoms with Crippen LogP contribution in [0.1, 0.15) is 71.1 Å². The second-order valence-corrected chi connectivity index (χ2v) is 7.86. The molecule has 27 heavy (non-hydrogen) atoms. The molecule has 0 saturated carbocycles. The van der Waals surface area contributed by atoms with Crippen LogP contribution in [-0.4, -0.2) is 70.2 Å². The highest BCUT2D eigenvalue weighted by Gasteiger charge is 2.41. The van der Waals surface area contributed by atoms with E-state index in [1.807, 2.05) is 0 Å². The molecule has 3 amide bonds. The number of nitrogens with zero attached hydrogens (tertiary/aromatic N) is 3. The molecule has 1 aromatic rings. The average Bonchev–Trinajstić information content (AvgIpc) is 3.57. The number of amides is 3. The normalized spacial score (nSPS) is 25.4. The molecule has 3 fully saturated rings. The van der Waals surface area contributed by atoms with Crippen LogP contribution in [0.2, 0.25) is 0 Å². The molecule has 3 heterocycles. The van der Waals surface area contributed by atoms with Crippen LogP contribution < -0.4 is 0 Å². The minimum atomic E-state index is -0.0822. The van der Waals surface area contributed by atoms with Crippen LogP contribution in [0, 0.1) is 0 Å². The lowest BCUT2D eigenvalue weighted by molar-refractivity contribution is 0.0873. The lowest BCUT2D eigenvalue weighted by Gasteiger charge is -2.11. The Morgan fingerprint density at radius 3 is 1.11 bits per heavy atom. The molecular formula is C21H27N3O3. The Morgan fingerprint density at radius 2 is 0.926 bits per heavy atom. The summed E-state index contributed by atoms with van der Waals surface area (Å²) in [4.78, 5) is 43.8. The van der Waals surface area contributed by atoms with Crippen molar-refractivity contribution >= 4 is 17.7 Å². The van der Waals surface area contributed by atoms with Crippen LogP contribution in [0.15, 0.2) is 18.2 Å². The first-order chi connectivity index (χ1) is 13.0. The molecule has 0 unspecified atom stereocenters. The van der Waals surface area contributed by atoms with Crippen molar-refractivity contribution in [2.24, 2.45) is 0 Å². The van der Waals surface area contributed by atoms with E-state index in [4.69, 9.17) is 0 Å². The third-order valence-electron chi connectivity index (χ3n) is 6.01. The zero-order valence-corrected chi connectivity index (χ0v) is 16.3. The van der Waals surface area contributed by atoms with E-state index in [0.717, 1.165) is 38.9 Å². The minimum absolute atomic E-state index is 0.0822. The summed E-state index contributed by atoms with van der Waals surface area (Å²) >= 11 is 0. The van der Waals surface area contributed by atoms with Gasteiger partial charge in [-0.15, -0.1) is 0 Å². The molecule has 0 bridgehead atoms. The van der Waals surface area contributed by atoms with Crippen molar-refractivity contribution in [3.8, 4) is 0 Å². The number of hydrogen-bond acceptors (Lipinski definition) is 3. The van der Waals surface area contributed by atoms with Crippen LogP contribution >= 0.6 is 0 Å². The third kappa shape index (κ3) is 3.33. The first-order valence-corrected chi connectivity index (χ1v) is 10.1. The fourth-order valence-electron chi connectivity index (χ4n) is 3.83. The lowest BCUT2D eigenvalue weighted by atomic mass is 10.0. The molecule has 3 aliphatic rings. The predicted molar refractivity (Wildman–Crippen MR) is 102 cm³/mol. The van der Waals surface area contributed by atoms with Gasteiger partial charge < -0.3 is 14.7 Å². The summed E-state index contributed by atoms with van der Waals surface area (Å²) in [6, 6.07) is 5.84. The Kier molecular flexibility index (Phi) is 4.44. The Labute approximate surface area is 160 Å². The van der Waals surface area contributed by atoms with Gasteiger partial charge in [-0.05, 0) is 37.5 Å².